The predicted octanol–water partition coefficient (Wildman–Crippen LogP) is 5.90. The third kappa shape index (κ3) is 7.73. The largest absolute Gasteiger partial charge is 0.493 e. The van der Waals surface area contributed by atoms with Crippen LogP contribution in [0.5, 0.6) is 11.5 Å². The predicted molar refractivity (Wildman–Crippen MR) is 150 cm³/mol. The summed E-state index contributed by atoms with van der Waals surface area (Å²) in [5.74, 6) is 1.25. The van der Waals surface area contributed by atoms with Crippen LogP contribution >= 0.6 is 11.3 Å². The minimum absolute atomic E-state index is 0.0158. The first kappa shape index (κ1) is 28.1. The average Bonchev–Trinajstić information content (AvgIpc) is 3.41. The van der Waals surface area contributed by atoms with Crippen LogP contribution in [0.15, 0.2) is 53.9 Å². The van der Waals surface area contributed by atoms with Gasteiger partial charge in [-0.3, -0.25) is 4.79 Å². The zero-order valence-electron chi connectivity index (χ0n) is 22.4. The summed E-state index contributed by atoms with van der Waals surface area (Å²) in [4.78, 5) is 31.3. The van der Waals surface area contributed by atoms with E-state index in [-0.39, 0.29) is 18.5 Å². The zero-order chi connectivity index (χ0) is 26.8. The lowest BCUT2D eigenvalue weighted by Crippen LogP contribution is -2.45. The Bertz CT molecular complexity index is 1160. The van der Waals surface area contributed by atoms with Crippen LogP contribution in [0.4, 0.5) is 10.5 Å². The molecule has 0 fully saturated rings. The molecule has 7 nitrogen and oxygen atoms in total. The number of para-hydroxylation sites is 1. The summed E-state index contributed by atoms with van der Waals surface area (Å²) in [6.07, 6.45) is 1.41. The van der Waals surface area contributed by atoms with Gasteiger partial charge in [0.15, 0.2) is 11.5 Å². The highest BCUT2D eigenvalue weighted by molar-refractivity contribution is 7.09. The summed E-state index contributed by atoms with van der Waals surface area (Å²) in [5.41, 5.74) is 3.82. The summed E-state index contributed by atoms with van der Waals surface area (Å²) < 4.78 is 10.8. The topological polar surface area (TPSA) is 71.1 Å². The van der Waals surface area contributed by atoms with Crippen molar-refractivity contribution in [3.63, 3.8) is 0 Å². The zero-order valence-corrected chi connectivity index (χ0v) is 23.2. The minimum Gasteiger partial charge on any atom is -0.493 e. The molecule has 2 aromatic carbocycles. The maximum atomic E-state index is 13.6. The minimum atomic E-state index is -0.261. The Morgan fingerprint density at radius 1 is 0.919 bits per heavy atom. The quantitative estimate of drug-likeness (QED) is 0.321. The van der Waals surface area contributed by atoms with Gasteiger partial charge in [-0.1, -0.05) is 37.3 Å². The Kier molecular flexibility index (Phi) is 10.4. The average molecular weight is 524 g/mol. The molecule has 3 amide bonds. The molecule has 0 aliphatic carbocycles. The van der Waals surface area contributed by atoms with Crippen LogP contribution in [0.2, 0.25) is 0 Å². The van der Waals surface area contributed by atoms with E-state index in [9.17, 15) is 9.59 Å². The molecule has 3 aromatic rings. The molecular weight excluding hydrogens is 486 g/mol. The van der Waals surface area contributed by atoms with Crippen LogP contribution < -0.4 is 14.8 Å². The molecule has 1 heterocycles. The summed E-state index contributed by atoms with van der Waals surface area (Å²) in [6.45, 7) is 7.47. The second-order valence-electron chi connectivity index (χ2n) is 8.95. The number of hydrogen-bond acceptors (Lipinski definition) is 5. The van der Waals surface area contributed by atoms with Crippen molar-refractivity contribution in [3.05, 3.63) is 75.5 Å². The molecule has 1 aromatic heterocycles. The number of nitrogens with one attached hydrogen (secondary N) is 1. The van der Waals surface area contributed by atoms with Gasteiger partial charge in [-0.05, 0) is 67.0 Å². The Morgan fingerprint density at radius 2 is 1.65 bits per heavy atom. The number of aryl methyl sites for hydroxylation is 2. The molecule has 0 aliphatic rings. The van der Waals surface area contributed by atoms with Gasteiger partial charge in [0.05, 0.1) is 20.8 Å². The maximum Gasteiger partial charge on any atom is 0.322 e. The van der Waals surface area contributed by atoms with Crippen LogP contribution in [0.1, 0.15) is 34.9 Å². The summed E-state index contributed by atoms with van der Waals surface area (Å²) >= 11 is 1.62. The van der Waals surface area contributed by atoms with Crippen LogP contribution in [-0.2, 0) is 17.8 Å². The van der Waals surface area contributed by atoms with E-state index in [4.69, 9.17) is 9.47 Å². The highest BCUT2D eigenvalue weighted by atomic mass is 32.1. The molecule has 0 atom stereocenters. The third-order valence-corrected chi connectivity index (χ3v) is 7.08. The standard InChI is InChI=1S/C29H37N3O4S/c1-6-15-32(29(34)30-28-21(2)9-7-10-22(28)3)20-27(33)31(19-24-11-8-17-37-24)16-14-23-12-13-25(35-4)26(18-23)36-5/h7-13,17-18H,6,14-16,19-20H2,1-5H3,(H,30,34). The maximum absolute atomic E-state index is 13.6. The van der Waals surface area contributed by atoms with Crippen molar-refractivity contribution in [2.45, 2.75) is 40.2 Å². The summed E-state index contributed by atoms with van der Waals surface area (Å²) in [6, 6.07) is 15.4. The molecule has 0 saturated heterocycles. The van der Waals surface area contributed by atoms with Crippen molar-refractivity contribution in [2.75, 3.05) is 39.2 Å². The van der Waals surface area contributed by atoms with E-state index in [0.717, 1.165) is 33.7 Å². The van der Waals surface area contributed by atoms with E-state index in [0.29, 0.717) is 37.6 Å². The van der Waals surface area contributed by atoms with Crippen LogP contribution in [0.3, 0.4) is 0 Å². The molecule has 198 valence electrons. The first-order chi connectivity index (χ1) is 17.9. The number of methoxy groups -OCH3 is 2. The molecule has 0 bridgehead atoms. The van der Waals surface area contributed by atoms with Crippen molar-refractivity contribution in [1.29, 1.82) is 0 Å². The number of ether oxygens (including phenoxy) is 2. The Balaban J connectivity index is 1.74. The summed E-state index contributed by atoms with van der Waals surface area (Å²) in [7, 11) is 3.22. The van der Waals surface area contributed by atoms with E-state index >= 15 is 0 Å². The highest BCUT2D eigenvalue weighted by Crippen LogP contribution is 2.28. The second-order valence-corrected chi connectivity index (χ2v) is 9.98. The van der Waals surface area contributed by atoms with E-state index in [1.54, 1.807) is 30.5 Å². The Hall–Kier alpha value is -3.52. The normalized spacial score (nSPS) is 10.6. The van der Waals surface area contributed by atoms with Gasteiger partial charge in [0, 0.05) is 23.7 Å². The SMILES string of the molecule is CCCN(CC(=O)N(CCc1ccc(OC)c(OC)c1)Cc1cccs1)C(=O)Nc1c(C)cccc1C. The van der Waals surface area contributed by atoms with Crippen LogP contribution in [0.25, 0.3) is 0 Å². The third-order valence-electron chi connectivity index (χ3n) is 6.22. The lowest BCUT2D eigenvalue weighted by Gasteiger charge is -2.28. The van der Waals surface area contributed by atoms with Gasteiger partial charge in [-0.2, -0.15) is 0 Å². The number of carbonyl (C=O) groups excluding carboxylic acids is 2. The number of urea groups is 1. The summed E-state index contributed by atoms with van der Waals surface area (Å²) in [5, 5.41) is 5.03. The van der Waals surface area contributed by atoms with E-state index in [2.05, 4.69) is 5.32 Å². The number of hydrogen-bond donors (Lipinski definition) is 1. The van der Waals surface area contributed by atoms with Gasteiger partial charge in [-0.15, -0.1) is 11.3 Å². The molecule has 0 spiro atoms. The van der Waals surface area contributed by atoms with Crippen molar-refractivity contribution < 1.29 is 19.1 Å². The van der Waals surface area contributed by atoms with Gasteiger partial charge in [-0.25, -0.2) is 4.79 Å². The van der Waals surface area contributed by atoms with Gasteiger partial charge in [0.1, 0.15) is 6.54 Å². The Morgan fingerprint density at radius 3 is 2.27 bits per heavy atom. The molecule has 37 heavy (non-hydrogen) atoms. The Labute approximate surface area is 224 Å². The molecule has 0 unspecified atom stereocenters. The molecule has 0 aliphatic heterocycles. The number of amides is 3. The fourth-order valence-corrected chi connectivity index (χ4v) is 4.89. The van der Waals surface area contributed by atoms with Crippen LogP contribution in [0, 0.1) is 13.8 Å². The number of carbonyl (C=O) groups is 2. The molecule has 3 rings (SSSR count). The van der Waals surface area contributed by atoms with Gasteiger partial charge in [0.2, 0.25) is 5.91 Å². The van der Waals surface area contributed by atoms with Crippen LogP contribution in [-0.4, -0.2) is 55.6 Å². The number of rotatable bonds is 12. The van der Waals surface area contributed by atoms with Crippen molar-refractivity contribution in [2.24, 2.45) is 0 Å². The fraction of sp³-hybridized carbons (Fsp3) is 0.379. The van der Waals surface area contributed by atoms with Gasteiger partial charge < -0.3 is 24.6 Å². The van der Waals surface area contributed by atoms with Crippen molar-refractivity contribution in [3.8, 4) is 11.5 Å². The number of anilines is 1. The van der Waals surface area contributed by atoms with Crippen molar-refractivity contribution in [1.82, 2.24) is 9.80 Å². The molecule has 0 radical (unpaired) electrons. The number of benzene rings is 2. The van der Waals surface area contributed by atoms with E-state index in [1.165, 1.54) is 0 Å². The monoisotopic (exact) mass is 523 g/mol. The lowest BCUT2D eigenvalue weighted by atomic mass is 10.1. The van der Waals surface area contributed by atoms with E-state index in [1.807, 2.05) is 79.6 Å². The van der Waals surface area contributed by atoms with Crippen molar-refractivity contribution >= 4 is 29.0 Å². The molecule has 8 heteroatoms. The smallest absolute Gasteiger partial charge is 0.322 e. The fourth-order valence-electron chi connectivity index (χ4n) is 4.17. The number of thiophene rings is 1. The lowest BCUT2D eigenvalue weighted by molar-refractivity contribution is -0.132. The van der Waals surface area contributed by atoms with Gasteiger partial charge in [0.25, 0.3) is 0 Å². The number of nitrogens with zero attached hydrogens (tertiary/aromatic N) is 2. The first-order valence-electron chi connectivity index (χ1n) is 12.5. The van der Waals surface area contributed by atoms with E-state index < -0.39 is 0 Å². The molecule has 1 N–H and O–H groups in total. The first-order valence-corrected chi connectivity index (χ1v) is 13.4. The molecular formula is C29H37N3O4S. The molecule has 0 saturated carbocycles. The second kappa shape index (κ2) is 13.7. The highest BCUT2D eigenvalue weighted by Gasteiger charge is 2.22. The van der Waals surface area contributed by atoms with Gasteiger partial charge >= 0.3 is 6.03 Å².